The van der Waals surface area contributed by atoms with Crippen LogP contribution in [-0.4, -0.2) is 31.7 Å². The third kappa shape index (κ3) is 3.29. The van der Waals surface area contributed by atoms with Crippen molar-refractivity contribution in [2.75, 3.05) is 0 Å². The summed E-state index contributed by atoms with van der Waals surface area (Å²) < 4.78 is 26.7. The van der Waals surface area contributed by atoms with E-state index in [2.05, 4.69) is 15.6 Å². The van der Waals surface area contributed by atoms with E-state index in [1.54, 1.807) is 0 Å². The number of aromatic carboxylic acids is 1. The van der Waals surface area contributed by atoms with Gasteiger partial charge >= 0.3 is 5.97 Å². The Morgan fingerprint density at radius 3 is 2.74 bits per heavy atom. The summed E-state index contributed by atoms with van der Waals surface area (Å²) in [5, 5.41) is 8.86. The van der Waals surface area contributed by atoms with Crippen LogP contribution in [0.2, 0.25) is 0 Å². The summed E-state index contributed by atoms with van der Waals surface area (Å²) in [6.45, 7) is 1.92. The number of hydrazine groups is 1. The summed E-state index contributed by atoms with van der Waals surface area (Å²) in [6, 6.07) is 5.41. The molecule has 104 valence electrons. The van der Waals surface area contributed by atoms with E-state index in [4.69, 9.17) is 5.11 Å². The second-order valence-corrected chi connectivity index (χ2v) is 6.15. The molecule has 7 nitrogen and oxygen atoms in total. The van der Waals surface area contributed by atoms with Gasteiger partial charge in [0.1, 0.15) is 0 Å². The van der Waals surface area contributed by atoms with Crippen LogP contribution >= 0.6 is 0 Å². The van der Waals surface area contributed by atoms with Gasteiger partial charge in [0.05, 0.1) is 16.6 Å². The minimum atomic E-state index is -3.74. The number of carboxylic acid groups (broad SMARTS) is 1. The minimum Gasteiger partial charge on any atom is -0.478 e. The van der Waals surface area contributed by atoms with Crippen LogP contribution in [0.15, 0.2) is 29.2 Å². The Bertz CT molecular complexity index is 587. The maximum absolute atomic E-state index is 12.1. The van der Waals surface area contributed by atoms with Gasteiger partial charge in [-0.25, -0.2) is 18.6 Å². The summed E-state index contributed by atoms with van der Waals surface area (Å²) in [4.78, 5) is 10.8. The maximum atomic E-state index is 12.1. The van der Waals surface area contributed by atoms with E-state index in [0.717, 1.165) is 6.07 Å². The van der Waals surface area contributed by atoms with Crippen molar-refractivity contribution in [3.8, 4) is 0 Å². The Morgan fingerprint density at radius 1 is 1.42 bits per heavy atom. The summed E-state index contributed by atoms with van der Waals surface area (Å²) >= 11 is 0. The Hall–Kier alpha value is -1.48. The maximum Gasteiger partial charge on any atom is 0.335 e. The van der Waals surface area contributed by atoms with Crippen LogP contribution in [0.1, 0.15) is 23.7 Å². The number of benzene rings is 1. The van der Waals surface area contributed by atoms with Crippen molar-refractivity contribution < 1.29 is 18.3 Å². The van der Waals surface area contributed by atoms with E-state index in [-0.39, 0.29) is 16.5 Å². The molecular formula is C11H15N3O4S. The first-order valence-corrected chi connectivity index (χ1v) is 7.23. The van der Waals surface area contributed by atoms with Crippen LogP contribution in [0, 0.1) is 0 Å². The van der Waals surface area contributed by atoms with Gasteiger partial charge < -0.3 is 5.11 Å². The molecule has 4 N–H and O–H groups in total. The fourth-order valence-electron chi connectivity index (χ4n) is 1.84. The molecule has 19 heavy (non-hydrogen) atoms. The van der Waals surface area contributed by atoms with Crippen molar-refractivity contribution >= 4 is 16.0 Å². The van der Waals surface area contributed by atoms with E-state index in [1.807, 2.05) is 6.92 Å². The lowest BCUT2D eigenvalue weighted by atomic mass is 10.2. The van der Waals surface area contributed by atoms with E-state index >= 15 is 0 Å². The van der Waals surface area contributed by atoms with Crippen LogP contribution in [-0.2, 0) is 10.0 Å². The molecule has 1 heterocycles. The van der Waals surface area contributed by atoms with Crippen LogP contribution in [0.4, 0.5) is 0 Å². The molecule has 2 atom stereocenters. The first kappa shape index (κ1) is 13.9. The zero-order valence-electron chi connectivity index (χ0n) is 10.3. The van der Waals surface area contributed by atoms with Gasteiger partial charge in [0.2, 0.25) is 10.0 Å². The lowest BCUT2D eigenvalue weighted by Crippen LogP contribution is -2.44. The van der Waals surface area contributed by atoms with Crippen molar-refractivity contribution in [3.63, 3.8) is 0 Å². The number of sulfonamides is 1. The normalized spacial score (nSPS) is 23.4. The highest BCUT2D eigenvalue weighted by Gasteiger charge is 2.26. The summed E-state index contributed by atoms with van der Waals surface area (Å²) in [7, 11) is -3.74. The number of rotatable bonds is 4. The molecule has 0 spiro atoms. The zero-order valence-corrected chi connectivity index (χ0v) is 11.1. The smallest absolute Gasteiger partial charge is 0.335 e. The fourth-order valence-corrected chi connectivity index (χ4v) is 3.05. The molecule has 0 saturated carbocycles. The zero-order chi connectivity index (χ0) is 14.0. The van der Waals surface area contributed by atoms with Gasteiger partial charge in [-0.2, -0.15) is 4.72 Å². The molecular weight excluding hydrogens is 270 g/mol. The summed E-state index contributed by atoms with van der Waals surface area (Å²) in [5.41, 5.74) is 5.65. The highest BCUT2D eigenvalue weighted by Crippen LogP contribution is 2.13. The Balaban J connectivity index is 2.19. The van der Waals surface area contributed by atoms with E-state index < -0.39 is 22.2 Å². The molecule has 1 saturated heterocycles. The molecule has 0 bridgehead atoms. The van der Waals surface area contributed by atoms with Crippen molar-refractivity contribution in [2.45, 2.75) is 30.4 Å². The Morgan fingerprint density at radius 2 is 2.16 bits per heavy atom. The Kier molecular flexibility index (Phi) is 3.85. The molecule has 1 aliphatic heterocycles. The molecule has 1 aromatic carbocycles. The van der Waals surface area contributed by atoms with Gasteiger partial charge in [-0.05, 0) is 31.5 Å². The number of carbonyl (C=O) groups is 1. The average Bonchev–Trinajstić information content (AvgIpc) is 2.74. The molecule has 0 aliphatic carbocycles. The topological polar surface area (TPSA) is 108 Å². The molecule has 1 aromatic rings. The second kappa shape index (κ2) is 5.25. The van der Waals surface area contributed by atoms with E-state index in [0.29, 0.717) is 6.42 Å². The van der Waals surface area contributed by atoms with Gasteiger partial charge in [0.15, 0.2) is 0 Å². The van der Waals surface area contributed by atoms with Crippen molar-refractivity contribution in [3.05, 3.63) is 29.8 Å². The van der Waals surface area contributed by atoms with Gasteiger partial charge in [-0.15, -0.1) is 0 Å². The third-order valence-corrected chi connectivity index (χ3v) is 4.25. The number of hydrogen-bond donors (Lipinski definition) is 4. The minimum absolute atomic E-state index is 0.0613. The average molecular weight is 285 g/mol. The molecule has 0 radical (unpaired) electrons. The molecule has 2 unspecified atom stereocenters. The lowest BCUT2D eigenvalue weighted by molar-refractivity contribution is 0.0696. The van der Waals surface area contributed by atoms with E-state index in [9.17, 15) is 13.2 Å². The van der Waals surface area contributed by atoms with Crippen molar-refractivity contribution in [2.24, 2.45) is 0 Å². The summed E-state index contributed by atoms with van der Waals surface area (Å²) in [5.74, 6) is -1.16. The number of nitrogens with one attached hydrogen (secondary N) is 3. The van der Waals surface area contributed by atoms with Gasteiger partial charge in [-0.1, -0.05) is 6.07 Å². The molecule has 0 amide bonds. The fraction of sp³-hybridized carbons (Fsp3) is 0.364. The van der Waals surface area contributed by atoms with Gasteiger partial charge in [0.25, 0.3) is 0 Å². The third-order valence-electron chi connectivity index (χ3n) is 2.78. The van der Waals surface area contributed by atoms with Crippen LogP contribution in [0.25, 0.3) is 0 Å². The standard InChI is InChI=1S/C11H15N3O4S/c1-7-5-10(13-12-7)14-19(17,18)9-4-2-3-8(6-9)11(15)16/h2-4,6-7,10,12-14H,5H2,1H3,(H,15,16). The quantitative estimate of drug-likeness (QED) is 0.614. The monoisotopic (exact) mass is 285 g/mol. The van der Waals surface area contributed by atoms with Gasteiger partial charge in [0, 0.05) is 6.04 Å². The highest BCUT2D eigenvalue weighted by molar-refractivity contribution is 7.89. The van der Waals surface area contributed by atoms with Crippen molar-refractivity contribution in [1.29, 1.82) is 0 Å². The van der Waals surface area contributed by atoms with Gasteiger partial charge in [-0.3, -0.25) is 5.43 Å². The van der Waals surface area contributed by atoms with E-state index in [1.165, 1.54) is 18.2 Å². The largest absolute Gasteiger partial charge is 0.478 e. The molecule has 1 fully saturated rings. The molecule has 2 rings (SSSR count). The van der Waals surface area contributed by atoms with Crippen LogP contribution in [0.3, 0.4) is 0 Å². The summed E-state index contributed by atoms with van der Waals surface area (Å²) in [6.07, 6.45) is 0.200. The van der Waals surface area contributed by atoms with Crippen LogP contribution < -0.4 is 15.6 Å². The predicted molar refractivity (Wildman–Crippen MR) is 67.9 cm³/mol. The first-order valence-electron chi connectivity index (χ1n) is 5.75. The SMILES string of the molecule is CC1CC(NS(=O)(=O)c2cccc(C(=O)O)c2)NN1. The molecule has 1 aliphatic rings. The highest BCUT2D eigenvalue weighted by atomic mass is 32.2. The van der Waals surface area contributed by atoms with Crippen molar-refractivity contribution in [1.82, 2.24) is 15.6 Å². The first-order chi connectivity index (χ1) is 8.88. The molecule has 0 aromatic heterocycles. The predicted octanol–water partition coefficient (Wildman–Crippen LogP) is -0.124. The number of hydrogen-bond acceptors (Lipinski definition) is 5. The van der Waals surface area contributed by atoms with Crippen LogP contribution in [0.5, 0.6) is 0 Å². The Labute approximate surface area is 111 Å². The lowest BCUT2D eigenvalue weighted by Gasteiger charge is -2.12. The molecule has 8 heteroatoms. The number of carboxylic acids is 1. The second-order valence-electron chi connectivity index (χ2n) is 4.43.